The number of methoxy groups -OCH3 is 2. The molecule has 0 radical (unpaired) electrons. The summed E-state index contributed by atoms with van der Waals surface area (Å²) in [4.78, 5) is 0. The molecule has 0 spiro atoms. The summed E-state index contributed by atoms with van der Waals surface area (Å²) in [5, 5.41) is 0. The van der Waals surface area contributed by atoms with Crippen LogP contribution >= 0.6 is 0 Å². The van der Waals surface area contributed by atoms with Gasteiger partial charge in [0.1, 0.15) is 11.5 Å². The highest BCUT2D eigenvalue weighted by molar-refractivity contribution is 5.82. The highest BCUT2D eigenvalue weighted by Gasteiger charge is 2.27. The lowest BCUT2D eigenvalue weighted by molar-refractivity contribution is 0.412. The molecule has 2 aliphatic carbocycles. The van der Waals surface area contributed by atoms with E-state index in [1.807, 2.05) is 0 Å². The Bertz CT molecular complexity index is 589. The van der Waals surface area contributed by atoms with Crippen molar-refractivity contribution in [2.75, 3.05) is 14.2 Å². The predicted molar refractivity (Wildman–Crippen MR) is 79.8 cm³/mol. The first-order valence-corrected chi connectivity index (χ1v) is 7.20. The molecule has 2 nitrogen and oxygen atoms in total. The van der Waals surface area contributed by atoms with E-state index in [4.69, 9.17) is 9.47 Å². The predicted octanol–water partition coefficient (Wildman–Crippen LogP) is 3.57. The fourth-order valence-electron chi connectivity index (χ4n) is 3.68. The Morgan fingerprint density at radius 3 is 1.15 bits per heavy atom. The van der Waals surface area contributed by atoms with Crippen molar-refractivity contribution in [1.29, 1.82) is 0 Å². The zero-order valence-electron chi connectivity index (χ0n) is 12.0. The van der Waals surface area contributed by atoms with Crippen LogP contribution in [0.4, 0.5) is 0 Å². The molecule has 2 aromatic carbocycles. The van der Waals surface area contributed by atoms with E-state index in [2.05, 4.69) is 24.3 Å². The Morgan fingerprint density at radius 1 is 0.600 bits per heavy atom. The average molecular weight is 266 g/mol. The molecule has 102 valence electrons. The number of hydrogen-bond acceptors (Lipinski definition) is 2. The monoisotopic (exact) mass is 266 g/mol. The topological polar surface area (TPSA) is 18.5 Å². The Balaban J connectivity index is 2.00. The van der Waals surface area contributed by atoms with Crippen LogP contribution in [0.15, 0.2) is 24.3 Å². The zero-order chi connectivity index (χ0) is 13.7. The molecule has 0 heterocycles. The van der Waals surface area contributed by atoms with E-state index in [9.17, 15) is 0 Å². The lowest BCUT2D eigenvalue weighted by atomic mass is 9.75. The van der Waals surface area contributed by atoms with Crippen molar-refractivity contribution < 1.29 is 9.47 Å². The van der Waals surface area contributed by atoms with Crippen LogP contribution in [0.2, 0.25) is 0 Å². The maximum atomic E-state index is 5.45. The Hall–Kier alpha value is -1.96. The molecule has 0 atom stereocenters. The van der Waals surface area contributed by atoms with Crippen LogP contribution in [0.3, 0.4) is 0 Å². The molecular weight excluding hydrogens is 248 g/mol. The van der Waals surface area contributed by atoms with E-state index in [1.54, 1.807) is 14.2 Å². The van der Waals surface area contributed by atoms with E-state index in [-0.39, 0.29) is 0 Å². The molecular formula is C18H18O2. The summed E-state index contributed by atoms with van der Waals surface area (Å²) in [5.74, 6) is 2.00. The van der Waals surface area contributed by atoms with Crippen LogP contribution in [0, 0.1) is 0 Å². The summed E-state index contributed by atoms with van der Waals surface area (Å²) in [6, 6.07) is 8.84. The van der Waals surface area contributed by atoms with Crippen LogP contribution in [0.25, 0.3) is 11.1 Å². The minimum atomic E-state index is 0.999. The van der Waals surface area contributed by atoms with Crippen molar-refractivity contribution in [1.82, 2.24) is 0 Å². The third-order valence-electron chi connectivity index (χ3n) is 4.60. The molecule has 2 aliphatic rings. The van der Waals surface area contributed by atoms with Gasteiger partial charge in [0.15, 0.2) is 0 Å². The van der Waals surface area contributed by atoms with Gasteiger partial charge >= 0.3 is 0 Å². The number of hydrogen-bond donors (Lipinski definition) is 0. The molecule has 2 aromatic rings. The number of rotatable bonds is 2. The molecule has 0 unspecified atom stereocenters. The number of ether oxygens (including phenoxy) is 2. The van der Waals surface area contributed by atoms with E-state index < -0.39 is 0 Å². The molecule has 0 saturated heterocycles. The van der Waals surface area contributed by atoms with Crippen molar-refractivity contribution in [2.24, 2.45) is 0 Å². The van der Waals surface area contributed by atoms with E-state index in [0.717, 1.165) is 37.2 Å². The molecule has 2 heteroatoms. The van der Waals surface area contributed by atoms with Crippen molar-refractivity contribution in [3.8, 4) is 22.6 Å². The largest absolute Gasteiger partial charge is 0.497 e. The number of aryl methyl sites for hydroxylation is 4. The Labute approximate surface area is 119 Å². The smallest absolute Gasteiger partial charge is 0.119 e. The van der Waals surface area contributed by atoms with Crippen LogP contribution in [0.1, 0.15) is 22.3 Å². The second-order valence-corrected chi connectivity index (χ2v) is 5.64. The van der Waals surface area contributed by atoms with Crippen molar-refractivity contribution in [2.45, 2.75) is 25.7 Å². The highest BCUT2D eigenvalue weighted by Crippen LogP contribution is 2.45. The van der Waals surface area contributed by atoms with E-state index >= 15 is 0 Å². The maximum Gasteiger partial charge on any atom is 0.119 e. The molecule has 0 amide bonds. The maximum absolute atomic E-state index is 5.45. The van der Waals surface area contributed by atoms with Gasteiger partial charge in [-0.1, -0.05) is 0 Å². The van der Waals surface area contributed by atoms with Gasteiger partial charge in [-0.3, -0.25) is 0 Å². The van der Waals surface area contributed by atoms with Gasteiger partial charge in [-0.2, -0.15) is 0 Å². The van der Waals surface area contributed by atoms with Crippen molar-refractivity contribution in [3.05, 3.63) is 46.5 Å². The Kier molecular flexibility index (Phi) is 2.53. The number of benzene rings is 2. The summed E-state index contributed by atoms with van der Waals surface area (Å²) >= 11 is 0. The van der Waals surface area contributed by atoms with Crippen LogP contribution in [-0.2, 0) is 25.7 Å². The molecule has 0 aliphatic heterocycles. The second-order valence-electron chi connectivity index (χ2n) is 5.64. The first-order valence-electron chi connectivity index (χ1n) is 7.20. The highest BCUT2D eigenvalue weighted by atomic mass is 16.5. The summed E-state index contributed by atoms with van der Waals surface area (Å²) < 4.78 is 10.9. The van der Waals surface area contributed by atoms with Gasteiger partial charge in [0.2, 0.25) is 0 Å². The van der Waals surface area contributed by atoms with Crippen molar-refractivity contribution >= 4 is 0 Å². The minimum Gasteiger partial charge on any atom is -0.497 e. The summed E-state index contributed by atoms with van der Waals surface area (Å²) in [5.41, 5.74) is 8.71. The fraction of sp³-hybridized carbons (Fsp3) is 0.333. The molecule has 0 N–H and O–H groups in total. The molecule has 4 rings (SSSR count). The second kappa shape index (κ2) is 4.27. The summed E-state index contributed by atoms with van der Waals surface area (Å²) in [6.45, 7) is 0. The summed E-state index contributed by atoms with van der Waals surface area (Å²) in [6.07, 6.45) is 4.39. The minimum absolute atomic E-state index is 0.999. The van der Waals surface area contributed by atoms with E-state index in [0.29, 0.717) is 0 Å². The lowest BCUT2D eigenvalue weighted by Crippen LogP contribution is -2.14. The van der Waals surface area contributed by atoms with E-state index in [1.165, 1.54) is 33.4 Å². The first kappa shape index (κ1) is 11.8. The molecule has 0 bridgehead atoms. The quantitative estimate of drug-likeness (QED) is 0.827. The van der Waals surface area contributed by atoms with Gasteiger partial charge < -0.3 is 9.47 Å². The summed E-state index contributed by atoms with van der Waals surface area (Å²) in [7, 11) is 3.51. The van der Waals surface area contributed by atoms with Gasteiger partial charge in [-0.25, -0.2) is 0 Å². The third kappa shape index (κ3) is 1.57. The van der Waals surface area contributed by atoms with Crippen molar-refractivity contribution in [3.63, 3.8) is 0 Å². The molecule has 20 heavy (non-hydrogen) atoms. The average Bonchev–Trinajstić information content (AvgIpc) is 2.51. The van der Waals surface area contributed by atoms with Gasteiger partial charge in [-0.05, 0) is 83.3 Å². The lowest BCUT2D eigenvalue weighted by Gasteiger charge is -2.30. The molecule has 0 saturated carbocycles. The Morgan fingerprint density at radius 2 is 0.900 bits per heavy atom. The molecule has 0 aromatic heterocycles. The first-order chi connectivity index (χ1) is 9.80. The van der Waals surface area contributed by atoms with Gasteiger partial charge in [0.05, 0.1) is 14.2 Å². The fourth-order valence-corrected chi connectivity index (χ4v) is 3.68. The van der Waals surface area contributed by atoms with Crippen LogP contribution in [-0.4, -0.2) is 14.2 Å². The molecule has 0 fully saturated rings. The zero-order valence-corrected chi connectivity index (χ0v) is 12.0. The SMILES string of the molecule is COc1cc2c3c(c1)CCc1cc(OC)cc(c1-3)CC2. The van der Waals surface area contributed by atoms with Crippen LogP contribution < -0.4 is 9.47 Å². The van der Waals surface area contributed by atoms with Gasteiger partial charge in [0, 0.05) is 0 Å². The van der Waals surface area contributed by atoms with Gasteiger partial charge in [0.25, 0.3) is 0 Å². The van der Waals surface area contributed by atoms with Crippen LogP contribution in [0.5, 0.6) is 11.5 Å². The van der Waals surface area contributed by atoms with Gasteiger partial charge in [-0.15, -0.1) is 0 Å². The standard InChI is InChI=1S/C18H18O2/c1-19-15-7-11-3-5-13-9-16(20-2)10-14-6-4-12(8-15)17(11)18(13)14/h7-10H,3-6H2,1-2H3. The normalized spacial score (nSPS) is 14.7. The third-order valence-corrected chi connectivity index (χ3v) is 4.60.